The monoisotopic (exact) mass is 231 g/mol. The molecule has 1 aromatic heterocycles. The van der Waals surface area contributed by atoms with Crippen LogP contribution in [0.25, 0.3) is 0 Å². The van der Waals surface area contributed by atoms with Gasteiger partial charge in [-0.05, 0) is 6.42 Å². The molecular weight excluding hydrogens is 218 g/mol. The molecule has 1 aromatic rings. The van der Waals surface area contributed by atoms with E-state index in [0.717, 1.165) is 13.0 Å². The van der Waals surface area contributed by atoms with Gasteiger partial charge in [0.2, 0.25) is 0 Å². The first kappa shape index (κ1) is 11.6. The second-order valence-corrected chi connectivity index (χ2v) is 2.43. The fraction of sp³-hybridized carbons (Fsp3) is 0.444. The summed E-state index contributed by atoms with van der Waals surface area (Å²) in [6, 6.07) is 5.99. The number of ether oxygens (including phenoxy) is 1. The summed E-state index contributed by atoms with van der Waals surface area (Å²) < 4.78 is 7.34. The quantitative estimate of drug-likeness (QED) is 0.448. The van der Waals surface area contributed by atoms with Gasteiger partial charge in [0.15, 0.2) is 12.4 Å². The first-order valence-electron chi connectivity index (χ1n) is 3.95. The molecule has 0 aliphatic heterocycles. The number of nitrogens with zero attached hydrogens (tertiary/aromatic N) is 1. The van der Waals surface area contributed by atoms with Crippen molar-refractivity contribution < 1.29 is 26.3 Å². The summed E-state index contributed by atoms with van der Waals surface area (Å²) in [5.41, 5.74) is 0. The van der Waals surface area contributed by atoms with E-state index in [0.29, 0.717) is 6.73 Å². The summed E-state index contributed by atoms with van der Waals surface area (Å²) in [7, 11) is 0. The molecule has 2 nitrogen and oxygen atoms in total. The molecule has 0 aromatic carbocycles. The van der Waals surface area contributed by atoms with Crippen molar-refractivity contribution in [3.63, 3.8) is 0 Å². The molecule has 0 radical (unpaired) electrons. The Morgan fingerprint density at radius 3 is 2.42 bits per heavy atom. The minimum atomic E-state index is 0. The second-order valence-electron chi connectivity index (χ2n) is 2.43. The van der Waals surface area contributed by atoms with E-state index in [2.05, 4.69) is 6.92 Å². The molecule has 3 heteroatoms. The summed E-state index contributed by atoms with van der Waals surface area (Å²) in [6.07, 6.45) is 5.07. The molecule has 0 spiro atoms. The molecule has 0 saturated heterocycles. The lowest BCUT2D eigenvalue weighted by molar-refractivity contribution is -0.732. The number of hydrogen-bond acceptors (Lipinski definition) is 1. The first-order valence-corrected chi connectivity index (χ1v) is 3.95. The maximum Gasteiger partial charge on any atom is 0.252 e. The smallest absolute Gasteiger partial charge is 0.252 e. The average molecular weight is 232 g/mol. The van der Waals surface area contributed by atoms with Gasteiger partial charge in [-0.15, -0.1) is 0 Å². The predicted octanol–water partition coefficient (Wildman–Crippen LogP) is -1.64. The Bertz CT molecular complexity index is 191. The molecule has 1 heterocycles. The van der Waals surface area contributed by atoms with E-state index in [1.165, 1.54) is 0 Å². The van der Waals surface area contributed by atoms with Crippen molar-refractivity contribution in [1.29, 1.82) is 0 Å². The van der Waals surface area contributed by atoms with E-state index in [1.807, 2.05) is 35.2 Å². The highest BCUT2D eigenvalue weighted by molar-refractivity contribution is 4.83. The van der Waals surface area contributed by atoms with Crippen LogP contribution in [0.15, 0.2) is 30.6 Å². The zero-order chi connectivity index (χ0) is 7.94. The lowest BCUT2D eigenvalue weighted by Gasteiger charge is -1.96. The third kappa shape index (κ3) is 4.46. The molecule has 0 saturated carbocycles. The maximum absolute atomic E-state index is 5.33. The average Bonchev–Trinajstić information content (AvgIpc) is 2.07. The Labute approximate surface area is 83.9 Å². The fourth-order valence-corrected chi connectivity index (χ4v) is 0.835. The van der Waals surface area contributed by atoms with Crippen LogP contribution in [-0.2, 0) is 11.5 Å². The minimum Gasteiger partial charge on any atom is -1.00 e. The molecule has 0 bridgehead atoms. The zero-order valence-electron chi connectivity index (χ0n) is 7.24. The van der Waals surface area contributed by atoms with Gasteiger partial charge in [0, 0.05) is 12.1 Å². The van der Waals surface area contributed by atoms with Gasteiger partial charge in [-0.2, -0.15) is 4.57 Å². The van der Waals surface area contributed by atoms with E-state index < -0.39 is 0 Å². The summed E-state index contributed by atoms with van der Waals surface area (Å²) >= 11 is 0. The molecule has 0 amide bonds. The molecule has 0 aliphatic rings. The lowest BCUT2D eigenvalue weighted by Crippen LogP contribution is -3.00. The van der Waals surface area contributed by atoms with E-state index >= 15 is 0 Å². The molecule has 0 aliphatic carbocycles. The molecule has 1 rings (SSSR count). The topological polar surface area (TPSA) is 13.1 Å². The van der Waals surface area contributed by atoms with Crippen LogP contribution in [-0.4, -0.2) is 6.61 Å². The SMILES string of the molecule is CCCOC[n+]1ccccc1.[Br-]. The van der Waals surface area contributed by atoms with Gasteiger partial charge in [0.25, 0.3) is 6.73 Å². The van der Waals surface area contributed by atoms with E-state index in [4.69, 9.17) is 4.74 Å². The highest BCUT2D eigenvalue weighted by Gasteiger charge is 1.94. The summed E-state index contributed by atoms with van der Waals surface area (Å²) in [4.78, 5) is 0. The van der Waals surface area contributed by atoms with Crippen LogP contribution in [0.1, 0.15) is 13.3 Å². The fourth-order valence-electron chi connectivity index (χ4n) is 0.835. The Hall–Kier alpha value is -0.410. The lowest BCUT2D eigenvalue weighted by atomic mass is 10.5. The third-order valence-corrected chi connectivity index (χ3v) is 1.37. The van der Waals surface area contributed by atoms with Gasteiger partial charge in [-0.25, -0.2) is 0 Å². The zero-order valence-corrected chi connectivity index (χ0v) is 8.83. The van der Waals surface area contributed by atoms with Crippen molar-refractivity contribution in [2.24, 2.45) is 0 Å². The van der Waals surface area contributed by atoms with Crippen molar-refractivity contribution in [2.45, 2.75) is 20.1 Å². The summed E-state index contributed by atoms with van der Waals surface area (Å²) in [6.45, 7) is 3.60. The highest BCUT2D eigenvalue weighted by Crippen LogP contribution is 1.81. The van der Waals surface area contributed by atoms with Gasteiger partial charge in [-0.1, -0.05) is 13.0 Å². The van der Waals surface area contributed by atoms with Crippen molar-refractivity contribution in [3.8, 4) is 0 Å². The van der Waals surface area contributed by atoms with Gasteiger partial charge in [0.05, 0.1) is 6.61 Å². The number of aromatic nitrogens is 1. The predicted molar refractivity (Wildman–Crippen MR) is 42.9 cm³/mol. The third-order valence-electron chi connectivity index (χ3n) is 1.37. The molecule has 0 fully saturated rings. The van der Waals surface area contributed by atoms with Gasteiger partial charge in [-0.3, -0.25) is 0 Å². The van der Waals surface area contributed by atoms with Crippen LogP contribution >= 0.6 is 0 Å². The van der Waals surface area contributed by atoms with Crippen LogP contribution in [0, 0.1) is 0 Å². The molecule has 0 N–H and O–H groups in total. The van der Waals surface area contributed by atoms with Crippen LogP contribution in [0.4, 0.5) is 0 Å². The van der Waals surface area contributed by atoms with Crippen molar-refractivity contribution in [3.05, 3.63) is 30.6 Å². The van der Waals surface area contributed by atoms with Crippen LogP contribution in [0.2, 0.25) is 0 Å². The summed E-state index contributed by atoms with van der Waals surface area (Å²) in [5, 5.41) is 0. The largest absolute Gasteiger partial charge is 1.00 e. The summed E-state index contributed by atoms with van der Waals surface area (Å²) in [5.74, 6) is 0. The molecule has 68 valence electrons. The number of hydrogen-bond donors (Lipinski definition) is 0. The standard InChI is InChI=1S/C9H14NO.BrH/c1-2-8-11-9-10-6-4-3-5-7-10;/h3-7H,2,8-9H2,1H3;1H/q+1;/p-1. The Balaban J connectivity index is 0.00000121. The molecular formula is C9H14BrNO. The van der Waals surface area contributed by atoms with Crippen LogP contribution < -0.4 is 21.5 Å². The molecule has 12 heavy (non-hydrogen) atoms. The van der Waals surface area contributed by atoms with E-state index in [1.54, 1.807) is 0 Å². The van der Waals surface area contributed by atoms with Crippen LogP contribution in [0.5, 0.6) is 0 Å². The van der Waals surface area contributed by atoms with Crippen molar-refractivity contribution >= 4 is 0 Å². The molecule has 0 unspecified atom stereocenters. The Morgan fingerprint density at radius 1 is 1.17 bits per heavy atom. The van der Waals surface area contributed by atoms with E-state index in [9.17, 15) is 0 Å². The highest BCUT2D eigenvalue weighted by atomic mass is 79.9. The van der Waals surface area contributed by atoms with Crippen molar-refractivity contribution in [2.75, 3.05) is 6.61 Å². The number of pyridine rings is 1. The normalized spacial score (nSPS) is 9.08. The molecule has 0 atom stereocenters. The Kier molecular flexibility index (Phi) is 7.00. The van der Waals surface area contributed by atoms with Gasteiger partial charge >= 0.3 is 0 Å². The Morgan fingerprint density at radius 2 is 1.83 bits per heavy atom. The van der Waals surface area contributed by atoms with E-state index in [-0.39, 0.29) is 17.0 Å². The minimum absolute atomic E-state index is 0. The van der Waals surface area contributed by atoms with Crippen LogP contribution in [0.3, 0.4) is 0 Å². The van der Waals surface area contributed by atoms with Gasteiger partial charge < -0.3 is 21.7 Å². The van der Waals surface area contributed by atoms with Gasteiger partial charge in [0.1, 0.15) is 0 Å². The maximum atomic E-state index is 5.33. The number of halogens is 1. The van der Waals surface area contributed by atoms with Crippen molar-refractivity contribution in [1.82, 2.24) is 0 Å². The second kappa shape index (κ2) is 7.25. The first-order chi connectivity index (χ1) is 5.43. The number of rotatable bonds is 4.